The SMILES string of the molecule is CC(=O)C1=C(O)C(=O)N(CC#N)[C@@H]1c1ccc(Cl)cc1Cl. The van der Waals surface area contributed by atoms with Crippen LogP contribution in [0.3, 0.4) is 0 Å². The number of hydrogen-bond donors (Lipinski definition) is 1. The van der Waals surface area contributed by atoms with Crippen molar-refractivity contribution in [1.29, 1.82) is 5.26 Å². The van der Waals surface area contributed by atoms with Gasteiger partial charge in [0.25, 0.3) is 5.91 Å². The number of ketones is 1. The molecule has 0 aliphatic carbocycles. The molecule has 0 bridgehead atoms. The molecule has 1 aromatic rings. The van der Waals surface area contributed by atoms with Crippen LogP contribution in [0.2, 0.25) is 10.0 Å². The normalized spacial score (nSPS) is 18.1. The molecule has 2 rings (SSSR count). The molecular weight excluding hydrogens is 315 g/mol. The Morgan fingerprint density at radius 3 is 2.67 bits per heavy atom. The number of carbonyl (C=O) groups excluding carboxylic acids is 2. The molecule has 1 aliphatic heterocycles. The fraction of sp³-hybridized carbons (Fsp3) is 0.214. The molecule has 0 radical (unpaired) electrons. The number of carbonyl (C=O) groups is 2. The van der Waals surface area contributed by atoms with Crippen LogP contribution in [0.5, 0.6) is 0 Å². The Morgan fingerprint density at radius 1 is 1.48 bits per heavy atom. The highest BCUT2D eigenvalue weighted by Crippen LogP contribution is 2.40. The Labute approximate surface area is 131 Å². The minimum atomic E-state index is -0.889. The molecule has 0 spiro atoms. The van der Waals surface area contributed by atoms with Crippen molar-refractivity contribution < 1.29 is 14.7 Å². The summed E-state index contributed by atoms with van der Waals surface area (Å²) in [5.74, 6) is -1.87. The molecule has 0 saturated heterocycles. The van der Waals surface area contributed by atoms with Gasteiger partial charge >= 0.3 is 0 Å². The van der Waals surface area contributed by atoms with E-state index in [1.807, 2.05) is 6.07 Å². The Balaban J connectivity index is 2.63. The topological polar surface area (TPSA) is 81.4 Å². The predicted molar refractivity (Wildman–Crippen MR) is 76.9 cm³/mol. The molecule has 108 valence electrons. The molecule has 1 atom stereocenters. The lowest BCUT2D eigenvalue weighted by Crippen LogP contribution is -2.31. The lowest BCUT2D eigenvalue weighted by Gasteiger charge is -2.24. The minimum absolute atomic E-state index is 0.0699. The number of aliphatic hydroxyl groups excluding tert-OH is 1. The fourth-order valence-corrected chi connectivity index (χ4v) is 2.81. The molecule has 1 amide bonds. The van der Waals surface area contributed by atoms with Gasteiger partial charge in [0.15, 0.2) is 11.5 Å². The van der Waals surface area contributed by atoms with Crippen LogP contribution >= 0.6 is 23.2 Å². The van der Waals surface area contributed by atoms with Crippen molar-refractivity contribution in [2.45, 2.75) is 13.0 Å². The van der Waals surface area contributed by atoms with Crippen LogP contribution < -0.4 is 0 Å². The first-order chi connectivity index (χ1) is 9.88. The first kappa shape index (κ1) is 15.4. The van der Waals surface area contributed by atoms with Gasteiger partial charge in [-0.05, 0) is 24.6 Å². The van der Waals surface area contributed by atoms with E-state index >= 15 is 0 Å². The number of aliphatic hydroxyl groups is 1. The third-order valence-corrected chi connectivity index (χ3v) is 3.74. The van der Waals surface area contributed by atoms with Crippen molar-refractivity contribution >= 4 is 34.9 Å². The number of benzene rings is 1. The highest BCUT2D eigenvalue weighted by Gasteiger charge is 2.42. The standard InChI is InChI=1S/C14H10Cl2N2O3/c1-7(19)11-12(9-3-2-8(15)6-10(9)16)18(5-4-17)14(21)13(11)20/h2-3,6,12,20H,5H2,1H3/t12-/m1/s1. The van der Waals surface area contributed by atoms with Crippen molar-refractivity contribution in [1.82, 2.24) is 4.90 Å². The lowest BCUT2D eigenvalue weighted by atomic mass is 9.97. The van der Waals surface area contributed by atoms with Crippen LogP contribution in [0, 0.1) is 11.3 Å². The first-order valence-corrected chi connectivity index (χ1v) is 6.71. The van der Waals surface area contributed by atoms with E-state index in [0.29, 0.717) is 10.6 Å². The van der Waals surface area contributed by atoms with E-state index in [0.717, 1.165) is 4.90 Å². The highest BCUT2D eigenvalue weighted by atomic mass is 35.5. The summed E-state index contributed by atoms with van der Waals surface area (Å²) >= 11 is 12.0. The van der Waals surface area contributed by atoms with E-state index < -0.39 is 23.5 Å². The summed E-state index contributed by atoms with van der Waals surface area (Å²) in [7, 11) is 0. The molecule has 7 heteroatoms. The van der Waals surface area contributed by atoms with E-state index in [9.17, 15) is 14.7 Å². The summed E-state index contributed by atoms with van der Waals surface area (Å²) in [5.41, 5.74) is 0.360. The third kappa shape index (κ3) is 2.60. The number of rotatable bonds is 3. The number of nitriles is 1. The Hall–Kier alpha value is -2.03. The molecule has 0 unspecified atom stereocenters. The van der Waals surface area contributed by atoms with Crippen LogP contribution in [0.25, 0.3) is 0 Å². The van der Waals surface area contributed by atoms with Crippen molar-refractivity contribution in [3.63, 3.8) is 0 Å². The lowest BCUT2D eigenvalue weighted by molar-refractivity contribution is -0.128. The number of amides is 1. The van der Waals surface area contributed by atoms with Gasteiger partial charge in [0, 0.05) is 10.0 Å². The van der Waals surface area contributed by atoms with Crippen LogP contribution in [0.4, 0.5) is 0 Å². The van der Waals surface area contributed by atoms with Crippen LogP contribution in [0.15, 0.2) is 29.5 Å². The van der Waals surface area contributed by atoms with Crippen molar-refractivity contribution in [3.05, 3.63) is 45.1 Å². The molecular formula is C14H10Cl2N2O3. The van der Waals surface area contributed by atoms with Gasteiger partial charge < -0.3 is 10.0 Å². The molecule has 0 saturated carbocycles. The van der Waals surface area contributed by atoms with Crippen LogP contribution in [-0.4, -0.2) is 28.2 Å². The molecule has 1 aromatic carbocycles. The monoisotopic (exact) mass is 324 g/mol. The molecule has 1 N–H and O–H groups in total. The van der Waals surface area contributed by atoms with Gasteiger partial charge in [0.05, 0.1) is 17.7 Å². The Kier molecular flexibility index (Phi) is 4.21. The molecule has 1 heterocycles. The second-order valence-corrected chi connectivity index (χ2v) is 5.32. The van der Waals surface area contributed by atoms with Crippen LogP contribution in [-0.2, 0) is 9.59 Å². The van der Waals surface area contributed by atoms with Gasteiger partial charge in [-0.3, -0.25) is 9.59 Å². The maximum Gasteiger partial charge on any atom is 0.290 e. The largest absolute Gasteiger partial charge is 0.503 e. The van der Waals surface area contributed by atoms with Crippen LogP contribution in [0.1, 0.15) is 18.5 Å². The quantitative estimate of drug-likeness (QED) is 0.867. The molecule has 0 fully saturated rings. The molecule has 5 nitrogen and oxygen atoms in total. The van der Waals surface area contributed by atoms with E-state index in [1.54, 1.807) is 12.1 Å². The average molecular weight is 325 g/mol. The zero-order valence-corrected chi connectivity index (χ0v) is 12.4. The van der Waals surface area contributed by atoms with Crippen molar-refractivity contribution in [2.75, 3.05) is 6.54 Å². The van der Waals surface area contributed by atoms with Gasteiger partial charge in [0.2, 0.25) is 0 Å². The predicted octanol–water partition coefficient (Wildman–Crippen LogP) is 2.80. The molecule has 1 aliphatic rings. The van der Waals surface area contributed by atoms with Crippen molar-refractivity contribution in [3.8, 4) is 6.07 Å². The maximum atomic E-state index is 12.0. The number of Topliss-reactive ketones (excluding diaryl/α,β-unsaturated/α-hetero) is 1. The van der Waals surface area contributed by atoms with E-state index in [-0.39, 0.29) is 17.1 Å². The Morgan fingerprint density at radius 2 is 2.14 bits per heavy atom. The average Bonchev–Trinajstić information content (AvgIpc) is 2.64. The minimum Gasteiger partial charge on any atom is -0.503 e. The summed E-state index contributed by atoms with van der Waals surface area (Å²) in [6.45, 7) is 0.967. The van der Waals surface area contributed by atoms with E-state index in [1.165, 1.54) is 13.0 Å². The van der Waals surface area contributed by atoms with Crippen molar-refractivity contribution in [2.24, 2.45) is 0 Å². The van der Waals surface area contributed by atoms with E-state index in [2.05, 4.69) is 0 Å². The highest BCUT2D eigenvalue weighted by molar-refractivity contribution is 6.35. The number of hydrogen-bond acceptors (Lipinski definition) is 4. The van der Waals surface area contributed by atoms with Gasteiger partial charge in [-0.25, -0.2) is 0 Å². The summed E-state index contributed by atoms with van der Waals surface area (Å²) in [6.07, 6.45) is 0. The maximum absolute atomic E-state index is 12.0. The van der Waals surface area contributed by atoms with Gasteiger partial charge in [-0.15, -0.1) is 0 Å². The zero-order valence-electron chi connectivity index (χ0n) is 10.9. The zero-order chi connectivity index (χ0) is 15.7. The summed E-state index contributed by atoms with van der Waals surface area (Å²) in [4.78, 5) is 24.9. The smallest absolute Gasteiger partial charge is 0.290 e. The number of nitrogens with zero attached hydrogens (tertiary/aromatic N) is 2. The molecule has 0 aromatic heterocycles. The second-order valence-electron chi connectivity index (χ2n) is 4.48. The first-order valence-electron chi connectivity index (χ1n) is 5.95. The molecule has 21 heavy (non-hydrogen) atoms. The van der Waals surface area contributed by atoms with E-state index in [4.69, 9.17) is 28.5 Å². The van der Waals surface area contributed by atoms with Gasteiger partial charge in [-0.1, -0.05) is 29.3 Å². The van der Waals surface area contributed by atoms with Gasteiger partial charge in [0.1, 0.15) is 6.54 Å². The summed E-state index contributed by atoms with van der Waals surface area (Å²) in [6, 6.07) is 5.55. The summed E-state index contributed by atoms with van der Waals surface area (Å²) in [5, 5.41) is 19.4. The fourth-order valence-electron chi connectivity index (χ4n) is 2.30. The second kappa shape index (κ2) is 5.76. The third-order valence-electron chi connectivity index (χ3n) is 3.18. The Bertz CT molecular complexity index is 707. The number of halogens is 2. The summed E-state index contributed by atoms with van der Waals surface area (Å²) < 4.78 is 0. The van der Waals surface area contributed by atoms with Gasteiger partial charge in [-0.2, -0.15) is 5.26 Å².